The van der Waals surface area contributed by atoms with Gasteiger partial charge in [-0.1, -0.05) is 90.1 Å². The van der Waals surface area contributed by atoms with Gasteiger partial charge in [-0.15, -0.1) is 0 Å². The third kappa shape index (κ3) is 11.6. The average molecular weight is 466 g/mol. The van der Waals surface area contributed by atoms with Crippen LogP contribution < -0.4 is 5.32 Å². The number of carbonyl (C=O) groups is 1. The molecule has 0 aromatic rings. The maximum Gasteiger partial charge on any atom is 0.286 e. The number of amides is 1. The number of rotatable bonds is 1. The van der Waals surface area contributed by atoms with Crippen LogP contribution in [0.3, 0.4) is 0 Å². The first kappa shape index (κ1) is 28.9. The molecule has 1 amide bonds. The fourth-order valence-electron chi connectivity index (χ4n) is 2.86. The summed E-state index contributed by atoms with van der Waals surface area (Å²) >= 11 is 0. The molecule has 3 atom stereocenters. The van der Waals surface area contributed by atoms with Crippen LogP contribution in [0.1, 0.15) is 41.0 Å². The number of hydrogen-bond acceptors (Lipinski definition) is 4. The third-order valence-electron chi connectivity index (χ3n) is 5.07. The molecule has 184 valence electrons. The number of allylic oxidation sites excluding steroid dienone is 14. The van der Waals surface area contributed by atoms with E-state index in [9.17, 15) is 15.0 Å². The van der Waals surface area contributed by atoms with Gasteiger partial charge in [0.2, 0.25) is 0 Å². The summed E-state index contributed by atoms with van der Waals surface area (Å²) in [6.07, 6.45) is 24.9. The van der Waals surface area contributed by atoms with Crippen molar-refractivity contribution in [2.45, 2.75) is 58.8 Å². The molecule has 1 aliphatic rings. The highest BCUT2D eigenvalue weighted by Gasteiger charge is 2.24. The van der Waals surface area contributed by atoms with Crippen LogP contribution in [0.15, 0.2) is 108 Å². The normalized spacial score (nSPS) is 36.9. The van der Waals surface area contributed by atoms with Crippen molar-refractivity contribution < 1.29 is 19.7 Å². The molecule has 0 saturated carbocycles. The Hall–Kier alpha value is -3.15. The first-order valence-corrected chi connectivity index (χ1v) is 11.4. The summed E-state index contributed by atoms with van der Waals surface area (Å²) in [6, 6.07) is -0.0515. The van der Waals surface area contributed by atoms with Crippen LogP contribution in [-0.4, -0.2) is 41.0 Å². The van der Waals surface area contributed by atoms with Crippen molar-refractivity contribution in [2.24, 2.45) is 0 Å². The van der Waals surface area contributed by atoms with Gasteiger partial charge in [0, 0.05) is 6.04 Å². The molecule has 0 saturated heterocycles. The summed E-state index contributed by atoms with van der Waals surface area (Å²) in [5.74, 6) is -0.0442. The summed E-state index contributed by atoms with van der Waals surface area (Å²) in [5.41, 5.74) is 1.54. The van der Waals surface area contributed by atoms with E-state index in [-0.39, 0.29) is 17.7 Å². The Morgan fingerprint density at radius 3 is 2.35 bits per heavy atom. The van der Waals surface area contributed by atoms with E-state index in [1.165, 1.54) is 13.2 Å². The van der Waals surface area contributed by atoms with Crippen molar-refractivity contribution >= 4 is 5.91 Å². The van der Waals surface area contributed by atoms with Crippen molar-refractivity contribution in [2.75, 3.05) is 7.11 Å². The Morgan fingerprint density at radius 2 is 1.65 bits per heavy atom. The molecule has 0 aromatic carbocycles. The van der Waals surface area contributed by atoms with Gasteiger partial charge in [0.25, 0.3) is 5.91 Å². The SMILES string of the molecule is CO\C1=C/C(C)=C/C=C/C=C/[C@@](C)(O)[C@@H](O)\C=C/C=C/C(C)=C/C=C/C(C)=C/C[C@H](C)NC1=O. The Morgan fingerprint density at radius 1 is 0.971 bits per heavy atom. The number of nitrogens with one attached hydrogen (secondary N) is 1. The molecule has 0 spiro atoms. The Kier molecular flexibility index (Phi) is 12.6. The predicted molar refractivity (Wildman–Crippen MR) is 141 cm³/mol. The lowest BCUT2D eigenvalue weighted by Crippen LogP contribution is -2.35. The lowest BCUT2D eigenvalue weighted by Gasteiger charge is -2.22. The van der Waals surface area contributed by atoms with E-state index in [2.05, 4.69) is 11.4 Å². The van der Waals surface area contributed by atoms with E-state index in [1.54, 1.807) is 43.4 Å². The van der Waals surface area contributed by atoms with E-state index >= 15 is 0 Å². The van der Waals surface area contributed by atoms with Gasteiger partial charge in [0.05, 0.1) is 7.11 Å². The van der Waals surface area contributed by atoms with Gasteiger partial charge >= 0.3 is 0 Å². The van der Waals surface area contributed by atoms with Crippen LogP contribution in [-0.2, 0) is 9.53 Å². The quantitative estimate of drug-likeness (QED) is 0.500. The number of aliphatic hydroxyl groups excluding tert-OH is 1. The van der Waals surface area contributed by atoms with Gasteiger partial charge in [-0.05, 0) is 52.7 Å². The van der Waals surface area contributed by atoms with Gasteiger partial charge in [-0.2, -0.15) is 0 Å². The van der Waals surface area contributed by atoms with Crippen LogP contribution in [0.25, 0.3) is 0 Å². The highest BCUT2D eigenvalue weighted by Crippen LogP contribution is 2.14. The largest absolute Gasteiger partial charge is 0.491 e. The number of hydrogen-bond donors (Lipinski definition) is 3. The van der Waals surface area contributed by atoms with E-state index < -0.39 is 11.7 Å². The van der Waals surface area contributed by atoms with Crippen LogP contribution in [0.5, 0.6) is 0 Å². The molecule has 1 heterocycles. The first-order valence-electron chi connectivity index (χ1n) is 11.4. The number of aliphatic hydroxyl groups is 2. The highest BCUT2D eigenvalue weighted by atomic mass is 16.5. The summed E-state index contributed by atoms with van der Waals surface area (Å²) in [4.78, 5) is 12.6. The standard InChI is InChI=1S/C29H39NO4/c1-22-13-9-10-17-27(31)29(5,33)20-11-7-8-14-24(3)21-26(34-6)28(32)30-25(4)19-18-23(2)16-12-15-22/h7-18,20-21,25,27,31,33H,19H2,1-6H3,(H,30,32)/b8-7+,13-9+,16-12+,17-10-,20-11+,22-15+,23-18+,24-14+,26-21-/t25-,27-,29+/m0/s1. The number of ether oxygens (including phenoxy) is 1. The minimum atomic E-state index is -1.42. The predicted octanol–water partition coefficient (Wildman–Crippen LogP) is 5.16. The third-order valence-corrected chi connectivity index (χ3v) is 5.07. The molecule has 0 radical (unpaired) electrons. The summed E-state index contributed by atoms with van der Waals surface area (Å²) in [6.45, 7) is 9.35. The smallest absolute Gasteiger partial charge is 0.286 e. The van der Waals surface area contributed by atoms with Gasteiger partial charge in [-0.25, -0.2) is 0 Å². The van der Waals surface area contributed by atoms with Crippen LogP contribution in [0, 0.1) is 0 Å². The van der Waals surface area contributed by atoms with Gasteiger partial charge in [0.15, 0.2) is 5.76 Å². The van der Waals surface area contributed by atoms with E-state index in [1.807, 2.05) is 64.2 Å². The zero-order valence-corrected chi connectivity index (χ0v) is 21.2. The van der Waals surface area contributed by atoms with E-state index in [4.69, 9.17) is 4.74 Å². The zero-order valence-electron chi connectivity index (χ0n) is 21.2. The van der Waals surface area contributed by atoms with E-state index in [0.717, 1.165) is 16.7 Å². The molecule has 0 unspecified atom stereocenters. The fourth-order valence-corrected chi connectivity index (χ4v) is 2.86. The molecule has 34 heavy (non-hydrogen) atoms. The van der Waals surface area contributed by atoms with Crippen LogP contribution >= 0.6 is 0 Å². The summed E-state index contributed by atoms with van der Waals surface area (Å²) in [7, 11) is 1.47. The molecule has 0 bridgehead atoms. The molecule has 5 nitrogen and oxygen atoms in total. The molecular weight excluding hydrogens is 426 g/mol. The Labute approximate surface area is 204 Å². The van der Waals surface area contributed by atoms with Crippen molar-refractivity contribution in [1.29, 1.82) is 0 Å². The molecule has 3 N–H and O–H groups in total. The monoisotopic (exact) mass is 465 g/mol. The molecular formula is C29H39NO4. The van der Waals surface area contributed by atoms with Gasteiger partial charge in [0.1, 0.15) is 11.7 Å². The lowest BCUT2D eigenvalue weighted by molar-refractivity contribution is -0.121. The van der Waals surface area contributed by atoms with Crippen LogP contribution in [0.2, 0.25) is 0 Å². The van der Waals surface area contributed by atoms with Crippen molar-refractivity contribution in [3.63, 3.8) is 0 Å². The van der Waals surface area contributed by atoms with Gasteiger partial charge in [-0.3, -0.25) is 4.79 Å². The minimum absolute atomic E-state index is 0.0515. The molecule has 0 aromatic heterocycles. The van der Waals surface area contributed by atoms with E-state index in [0.29, 0.717) is 6.42 Å². The number of methoxy groups -OCH3 is 1. The maximum atomic E-state index is 12.6. The number of carbonyl (C=O) groups excluding carboxylic acids is 1. The summed E-state index contributed by atoms with van der Waals surface area (Å²) in [5, 5.41) is 23.7. The lowest BCUT2D eigenvalue weighted by atomic mass is 9.98. The molecule has 5 heteroatoms. The highest BCUT2D eigenvalue weighted by molar-refractivity contribution is 5.92. The molecule has 0 aliphatic carbocycles. The minimum Gasteiger partial charge on any atom is -0.491 e. The summed E-state index contributed by atoms with van der Waals surface area (Å²) < 4.78 is 5.28. The van der Waals surface area contributed by atoms with Crippen molar-refractivity contribution in [3.8, 4) is 0 Å². The second kappa shape index (κ2) is 14.9. The maximum absolute atomic E-state index is 12.6. The van der Waals surface area contributed by atoms with Crippen LogP contribution in [0.4, 0.5) is 0 Å². The first-order chi connectivity index (χ1) is 16.0. The fraction of sp³-hybridized carbons (Fsp3) is 0.345. The average Bonchev–Trinajstić information content (AvgIpc) is 2.77. The molecule has 1 rings (SSSR count). The molecule has 0 fully saturated rings. The Bertz CT molecular complexity index is 953. The second-order valence-corrected chi connectivity index (χ2v) is 8.61. The topological polar surface area (TPSA) is 78.8 Å². The second-order valence-electron chi connectivity index (χ2n) is 8.61. The molecule has 1 aliphatic heterocycles. The zero-order chi connectivity index (χ0) is 25.6. The van der Waals surface area contributed by atoms with Crippen molar-refractivity contribution in [3.05, 3.63) is 108 Å². The Balaban J connectivity index is 3.21. The van der Waals surface area contributed by atoms with Gasteiger partial charge < -0.3 is 20.3 Å². The van der Waals surface area contributed by atoms with Crippen molar-refractivity contribution in [1.82, 2.24) is 5.32 Å².